The first-order valence-corrected chi connectivity index (χ1v) is 7.80. The molecule has 1 aliphatic carbocycles. The summed E-state index contributed by atoms with van der Waals surface area (Å²) in [5.74, 6) is 0. The molecule has 1 saturated carbocycles. The molecule has 0 aromatic heterocycles. The average Bonchev–Trinajstić information content (AvgIpc) is 2.42. The summed E-state index contributed by atoms with van der Waals surface area (Å²) in [5, 5.41) is 8.08. The van der Waals surface area contributed by atoms with Gasteiger partial charge in [0, 0.05) is 16.1 Å². The maximum absolute atomic E-state index is 5.24. The normalized spacial score (nSPS) is 16.5. The molecule has 2 N–H and O–H groups in total. The van der Waals surface area contributed by atoms with Gasteiger partial charge in [-0.05, 0) is 31.1 Å². The van der Waals surface area contributed by atoms with Gasteiger partial charge in [0.05, 0.1) is 6.21 Å². The summed E-state index contributed by atoms with van der Waals surface area (Å²) in [4.78, 5) is 0. The average molecular weight is 340 g/mol. The van der Waals surface area contributed by atoms with Crippen molar-refractivity contribution in [2.45, 2.75) is 38.1 Å². The lowest BCUT2D eigenvalue weighted by molar-refractivity contribution is 0.412. The molecule has 1 aromatic rings. The molecule has 0 amide bonds. The summed E-state index contributed by atoms with van der Waals surface area (Å²) in [6.45, 7) is 0. The number of hydrazone groups is 1. The van der Waals surface area contributed by atoms with Crippen LogP contribution < -0.4 is 10.7 Å². The van der Waals surface area contributed by atoms with Gasteiger partial charge in [-0.2, -0.15) is 5.10 Å². The summed E-state index contributed by atoms with van der Waals surface area (Å²) in [6.07, 6.45) is 8.10. The molecule has 0 aliphatic heterocycles. The number of nitrogens with zero attached hydrogens (tertiary/aromatic N) is 1. The Morgan fingerprint density at radius 3 is 2.74 bits per heavy atom. The number of hydrogen-bond donors (Lipinski definition) is 2. The van der Waals surface area contributed by atoms with Crippen molar-refractivity contribution in [3.8, 4) is 0 Å². The van der Waals surface area contributed by atoms with Gasteiger partial charge in [-0.25, -0.2) is 0 Å². The number of nitrogens with one attached hydrogen (secondary N) is 2. The van der Waals surface area contributed by atoms with Crippen LogP contribution in [0.4, 0.5) is 0 Å². The van der Waals surface area contributed by atoms with Gasteiger partial charge in [0.15, 0.2) is 5.11 Å². The molecule has 2 rings (SSSR count). The predicted octanol–water partition coefficient (Wildman–Crippen LogP) is 3.58. The first-order chi connectivity index (χ1) is 9.25. The number of benzene rings is 1. The second kappa shape index (κ2) is 7.60. The summed E-state index contributed by atoms with van der Waals surface area (Å²) >= 11 is 8.71. The van der Waals surface area contributed by atoms with E-state index in [0.717, 1.165) is 10.0 Å². The van der Waals surface area contributed by atoms with Crippen molar-refractivity contribution in [3.05, 3.63) is 34.3 Å². The van der Waals surface area contributed by atoms with E-state index in [9.17, 15) is 0 Å². The molecule has 0 saturated heterocycles. The SMILES string of the molecule is S=C(NN=Cc1ccccc1Br)NC1CCCCC1. The maximum Gasteiger partial charge on any atom is 0.187 e. The van der Waals surface area contributed by atoms with Gasteiger partial charge in [-0.15, -0.1) is 0 Å². The Morgan fingerprint density at radius 2 is 2.00 bits per heavy atom. The summed E-state index contributed by atoms with van der Waals surface area (Å²) < 4.78 is 1.02. The molecule has 0 radical (unpaired) electrons. The van der Waals surface area contributed by atoms with Gasteiger partial charge in [0.1, 0.15) is 0 Å². The zero-order valence-corrected chi connectivity index (χ0v) is 13.1. The third kappa shape index (κ3) is 4.91. The number of rotatable bonds is 3. The number of thiocarbonyl (C=S) groups is 1. The van der Waals surface area contributed by atoms with Crippen LogP contribution in [0, 0.1) is 0 Å². The Kier molecular flexibility index (Phi) is 5.79. The minimum Gasteiger partial charge on any atom is -0.359 e. The Morgan fingerprint density at radius 1 is 1.26 bits per heavy atom. The summed E-state index contributed by atoms with van der Waals surface area (Å²) in [5.41, 5.74) is 3.90. The molecule has 3 nitrogen and oxygen atoms in total. The quantitative estimate of drug-likeness (QED) is 0.502. The molecule has 0 atom stereocenters. The van der Waals surface area contributed by atoms with Crippen molar-refractivity contribution in [2.24, 2.45) is 5.10 Å². The van der Waals surface area contributed by atoms with Crippen molar-refractivity contribution in [1.29, 1.82) is 0 Å². The monoisotopic (exact) mass is 339 g/mol. The highest BCUT2D eigenvalue weighted by molar-refractivity contribution is 9.10. The van der Waals surface area contributed by atoms with E-state index in [1.807, 2.05) is 24.3 Å². The molecule has 0 spiro atoms. The Hall–Kier alpha value is -0.940. The van der Waals surface area contributed by atoms with E-state index >= 15 is 0 Å². The van der Waals surface area contributed by atoms with Crippen LogP contribution in [0.15, 0.2) is 33.8 Å². The fourth-order valence-electron chi connectivity index (χ4n) is 2.20. The van der Waals surface area contributed by atoms with E-state index in [4.69, 9.17) is 12.2 Å². The van der Waals surface area contributed by atoms with E-state index in [0.29, 0.717) is 11.2 Å². The van der Waals surface area contributed by atoms with Gasteiger partial charge in [-0.1, -0.05) is 53.4 Å². The zero-order chi connectivity index (χ0) is 13.5. The minimum atomic E-state index is 0.507. The molecule has 1 aliphatic rings. The van der Waals surface area contributed by atoms with Crippen molar-refractivity contribution in [3.63, 3.8) is 0 Å². The summed E-state index contributed by atoms with van der Waals surface area (Å²) in [7, 11) is 0. The van der Waals surface area contributed by atoms with Gasteiger partial charge in [0.25, 0.3) is 0 Å². The highest BCUT2D eigenvalue weighted by atomic mass is 79.9. The second-order valence-corrected chi connectivity index (χ2v) is 5.96. The smallest absolute Gasteiger partial charge is 0.187 e. The fraction of sp³-hybridized carbons (Fsp3) is 0.429. The van der Waals surface area contributed by atoms with Crippen molar-refractivity contribution >= 4 is 39.5 Å². The highest BCUT2D eigenvalue weighted by Gasteiger charge is 2.13. The largest absolute Gasteiger partial charge is 0.359 e. The van der Waals surface area contributed by atoms with E-state index in [1.165, 1.54) is 32.1 Å². The third-order valence-electron chi connectivity index (χ3n) is 3.22. The molecule has 19 heavy (non-hydrogen) atoms. The molecule has 0 unspecified atom stereocenters. The topological polar surface area (TPSA) is 36.4 Å². The van der Waals surface area contributed by atoms with Crippen molar-refractivity contribution in [2.75, 3.05) is 0 Å². The van der Waals surface area contributed by atoms with Crippen LogP contribution in [0.2, 0.25) is 0 Å². The second-order valence-electron chi connectivity index (χ2n) is 4.70. The number of hydrogen-bond acceptors (Lipinski definition) is 2. The van der Waals surface area contributed by atoms with Gasteiger partial charge < -0.3 is 5.32 Å². The van der Waals surface area contributed by atoms with E-state index in [2.05, 4.69) is 31.8 Å². The Bertz CT molecular complexity index is 456. The van der Waals surface area contributed by atoms with Crippen molar-refractivity contribution < 1.29 is 0 Å². The molecule has 102 valence electrons. The molecule has 1 aromatic carbocycles. The van der Waals surface area contributed by atoms with Gasteiger partial charge in [-0.3, -0.25) is 5.43 Å². The first-order valence-electron chi connectivity index (χ1n) is 6.60. The third-order valence-corrected chi connectivity index (χ3v) is 4.15. The zero-order valence-electron chi connectivity index (χ0n) is 10.7. The van der Waals surface area contributed by atoms with Crippen LogP contribution in [0.3, 0.4) is 0 Å². The van der Waals surface area contributed by atoms with Crippen LogP contribution >= 0.6 is 28.1 Å². The lowest BCUT2D eigenvalue weighted by Gasteiger charge is -2.23. The predicted molar refractivity (Wildman–Crippen MR) is 87.5 cm³/mol. The fourth-order valence-corrected chi connectivity index (χ4v) is 2.81. The maximum atomic E-state index is 5.24. The Balaban J connectivity index is 1.78. The van der Waals surface area contributed by atoms with E-state index < -0.39 is 0 Å². The highest BCUT2D eigenvalue weighted by Crippen LogP contribution is 2.17. The van der Waals surface area contributed by atoms with Crippen LogP contribution in [0.25, 0.3) is 0 Å². The summed E-state index contributed by atoms with van der Waals surface area (Å²) in [6, 6.07) is 8.44. The van der Waals surface area contributed by atoms with E-state index in [-0.39, 0.29) is 0 Å². The Labute approximate surface area is 128 Å². The van der Waals surface area contributed by atoms with Crippen molar-refractivity contribution in [1.82, 2.24) is 10.7 Å². The van der Waals surface area contributed by atoms with E-state index in [1.54, 1.807) is 6.21 Å². The van der Waals surface area contributed by atoms with Crippen LogP contribution in [0.5, 0.6) is 0 Å². The molecular weight excluding hydrogens is 322 g/mol. The standard InChI is InChI=1S/C14H18BrN3S/c15-13-9-5-4-6-11(13)10-16-18-14(19)17-12-7-2-1-3-8-12/h4-6,9-10,12H,1-3,7-8H2,(H2,17,18,19). The lowest BCUT2D eigenvalue weighted by atomic mass is 9.96. The molecule has 1 fully saturated rings. The van der Waals surface area contributed by atoms with Crippen LogP contribution in [0.1, 0.15) is 37.7 Å². The molecule has 0 bridgehead atoms. The van der Waals surface area contributed by atoms with Gasteiger partial charge in [0.2, 0.25) is 0 Å². The van der Waals surface area contributed by atoms with Crippen LogP contribution in [-0.2, 0) is 0 Å². The lowest BCUT2D eigenvalue weighted by Crippen LogP contribution is -2.40. The van der Waals surface area contributed by atoms with Gasteiger partial charge >= 0.3 is 0 Å². The van der Waals surface area contributed by atoms with Crippen LogP contribution in [-0.4, -0.2) is 17.4 Å². The number of halogens is 1. The first kappa shape index (κ1) is 14.5. The minimum absolute atomic E-state index is 0.507. The molecular formula is C14H18BrN3S. The molecule has 0 heterocycles. The molecule has 5 heteroatoms.